The first-order valence-electron chi connectivity index (χ1n) is 7.68. The molecule has 0 bridgehead atoms. The van der Waals surface area contributed by atoms with Crippen molar-refractivity contribution in [2.24, 2.45) is 0 Å². The Hall–Kier alpha value is -2.06. The number of carbonyl (C=O) groups is 1. The van der Waals surface area contributed by atoms with Crippen molar-refractivity contribution < 1.29 is 20.1 Å². The maximum atomic E-state index is 12.7. The summed E-state index contributed by atoms with van der Waals surface area (Å²) in [6.07, 6.45) is 0. The van der Waals surface area contributed by atoms with Gasteiger partial charge in [-0.05, 0) is 44.5 Å². The number of aryl methyl sites for hydroxylation is 2. The molecule has 0 aliphatic carbocycles. The van der Waals surface area contributed by atoms with E-state index < -0.39 is 8.58 Å². The molecular formula is C19H23O4P. The van der Waals surface area contributed by atoms with Crippen LogP contribution in [0.5, 0.6) is 17.2 Å². The van der Waals surface area contributed by atoms with E-state index >= 15 is 0 Å². The molecule has 3 N–H and O–H groups in total. The van der Waals surface area contributed by atoms with Gasteiger partial charge in [-0.15, -0.1) is 0 Å². The topological polar surface area (TPSA) is 77.8 Å². The first-order valence-corrected chi connectivity index (χ1v) is 8.68. The molecule has 128 valence electrons. The summed E-state index contributed by atoms with van der Waals surface area (Å²) in [6, 6.07) is 6.28. The molecule has 2 aromatic rings. The van der Waals surface area contributed by atoms with Gasteiger partial charge in [0.2, 0.25) is 0 Å². The van der Waals surface area contributed by atoms with Crippen molar-refractivity contribution in [1.82, 2.24) is 0 Å². The molecule has 24 heavy (non-hydrogen) atoms. The predicted octanol–water partition coefficient (Wildman–Crippen LogP) is 3.86. The number of hydrogen-bond acceptors (Lipinski definition) is 4. The van der Waals surface area contributed by atoms with Crippen molar-refractivity contribution in [1.29, 1.82) is 0 Å². The molecule has 0 aliphatic heterocycles. The maximum Gasteiger partial charge on any atom is 0.186 e. The van der Waals surface area contributed by atoms with Crippen LogP contribution in [0.1, 0.15) is 47.8 Å². The van der Waals surface area contributed by atoms with Gasteiger partial charge < -0.3 is 15.3 Å². The van der Waals surface area contributed by atoms with E-state index in [0.29, 0.717) is 5.56 Å². The van der Waals surface area contributed by atoms with E-state index in [0.717, 1.165) is 28.8 Å². The molecule has 0 heterocycles. The van der Waals surface area contributed by atoms with Crippen LogP contribution in [0.4, 0.5) is 0 Å². The Morgan fingerprint density at radius 3 is 1.79 bits per heavy atom. The van der Waals surface area contributed by atoms with Gasteiger partial charge in [-0.1, -0.05) is 32.9 Å². The highest BCUT2D eigenvalue weighted by atomic mass is 31.1. The molecule has 2 aromatic carbocycles. The van der Waals surface area contributed by atoms with Crippen LogP contribution in [-0.4, -0.2) is 20.8 Å². The van der Waals surface area contributed by atoms with Crippen LogP contribution in [0.3, 0.4) is 0 Å². The van der Waals surface area contributed by atoms with Crippen molar-refractivity contribution in [3.63, 3.8) is 0 Å². The zero-order chi connectivity index (χ0) is 18.2. The molecule has 5 heteroatoms. The van der Waals surface area contributed by atoms with E-state index in [4.69, 9.17) is 0 Å². The van der Waals surface area contributed by atoms with Gasteiger partial charge in [0.1, 0.15) is 17.2 Å². The summed E-state index contributed by atoms with van der Waals surface area (Å²) in [7, 11) is -0.424. The monoisotopic (exact) mass is 346 g/mol. The zero-order valence-electron chi connectivity index (χ0n) is 14.6. The highest BCUT2D eigenvalue weighted by Gasteiger charge is 2.21. The molecule has 4 nitrogen and oxygen atoms in total. The summed E-state index contributed by atoms with van der Waals surface area (Å²) in [6.45, 7) is 10.2. The van der Waals surface area contributed by atoms with Gasteiger partial charge in [0, 0.05) is 17.7 Å². The van der Waals surface area contributed by atoms with Crippen molar-refractivity contribution in [2.45, 2.75) is 40.0 Å². The number of hydrogen-bond donors (Lipinski definition) is 3. The van der Waals surface area contributed by atoms with E-state index in [9.17, 15) is 20.1 Å². The summed E-state index contributed by atoms with van der Waals surface area (Å²) in [5, 5.41) is 29.3. The van der Waals surface area contributed by atoms with Crippen LogP contribution in [-0.2, 0) is 5.41 Å². The highest BCUT2D eigenvalue weighted by Crippen LogP contribution is 2.35. The first kappa shape index (κ1) is 18.3. The van der Waals surface area contributed by atoms with Crippen LogP contribution in [0.2, 0.25) is 0 Å². The number of phenols is 3. The molecule has 0 saturated carbocycles. The van der Waals surface area contributed by atoms with E-state index in [-0.39, 0.29) is 33.5 Å². The van der Waals surface area contributed by atoms with Gasteiger partial charge >= 0.3 is 0 Å². The highest BCUT2D eigenvalue weighted by molar-refractivity contribution is 7.66. The Labute approximate surface area is 144 Å². The van der Waals surface area contributed by atoms with Gasteiger partial charge in [0.15, 0.2) is 5.52 Å². The number of rotatable bonds is 3. The lowest BCUT2D eigenvalue weighted by Gasteiger charge is -2.22. The summed E-state index contributed by atoms with van der Waals surface area (Å²) in [4.78, 5) is 12.7. The minimum atomic E-state index is -0.424. The predicted molar refractivity (Wildman–Crippen MR) is 98.3 cm³/mol. The second-order valence-electron chi connectivity index (χ2n) is 7.05. The maximum absolute atomic E-state index is 12.7. The summed E-state index contributed by atoms with van der Waals surface area (Å²) in [5.74, 6) is -0.797. The fourth-order valence-corrected chi connectivity index (χ4v) is 3.80. The van der Waals surface area contributed by atoms with Crippen LogP contribution in [0.15, 0.2) is 24.3 Å². The Kier molecular flexibility index (Phi) is 4.91. The summed E-state index contributed by atoms with van der Waals surface area (Å²) in [5.41, 5.74) is 3.39. The first-order chi connectivity index (χ1) is 11.0. The minimum Gasteiger partial charge on any atom is -0.508 e. The molecular weight excluding hydrogens is 323 g/mol. The fourth-order valence-electron chi connectivity index (χ4n) is 2.66. The second-order valence-corrected chi connectivity index (χ2v) is 8.25. The lowest BCUT2D eigenvalue weighted by molar-refractivity contribution is 0.108. The fraction of sp³-hybridized carbons (Fsp3) is 0.316. The average molecular weight is 346 g/mol. The third-order valence-electron chi connectivity index (χ3n) is 3.95. The molecule has 1 atom stereocenters. The quantitative estimate of drug-likeness (QED) is 0.738. The molecule has 0 aromatic heterocycles. The summed E-state index contributed by atoms with van der Waals surface area (Å²) < 4.78 is 0. The molecule has 2 rings (SSSR count). The standard InChI is InChI=1S/C19H23O4P/c1-10-6-12(19(3,4)5)7-11(2)16(10)18(23)24-17-14(21)8-13(20)9-15(17)22/h6-9,20-22,24H,1-5H3. The van der Waals surface area contributed by atoms with Crippen LogP contribution in [0, 0.1) is 13.8 Å². The molecule has 0 fully saturated rings. The van der Waals surface area contributed by atoms with E-state index in [1.54, 1.807) is 0 Å². The Bertz CT molecular complexity index is 757. The number of carbonyl (C=O) groups excluding carboxylic acids is 1. The molecule has 0 radical (unpaired) electrons. The Morgan fingerprint density at radius 2 is 1.38 bits per heavy atom. The molecule has 1 unspecified atom stereocenters. The molecule has 0 amide bonds. The van der Waals surface area contributed by atoms with Gasteiger partial charge in [0.25, 0.3) is 0 Å². The SMILES string of the molecule is Cc1cc(C(C)(C)C)cc(C)c1C(=O)Pc1c(O)cc(O)cc1O. The lowest BCUT2D eigenvalue weighted by atomic mass is 9.84. The van der Waals surface area contributed by atoms with Gasteiger partial charge in [-0.3, -0.25) is 4.79 Å². The third-order valence-corrected chi connectivity index (χ3v) is 5.19. The molecule has 0 aliphatic rings. The van der Waals surface area contributed by atoms with E-state index in [1.165, 1.54) is 0 Å². The smallest absolute Gasteiger partial charge is 0.186 e. The van der Waals surface area contributed by atoms with Crippen LogP contribution < -0.4 is 5.30 Å². The Morgan fingerprint density at radius 1 is 0.917 bits per heavy atom. The number of benzene rings is 2. The molecule has 0 saturated heterocycles. The molecule has 0 spiro atoms. The van der Waals surface area contributed by atoms with Crippen molar-refractivity contribution in [3.8, 4) is 17.2 Å². The number of aromatic hydroxyl groups is 3. The van der Waals surface area contributed by atoms with Crippen molar-refractivity contribution in [2.75, 3.05) is 0 Å². The van der Waals surface area contributed by atoms with Crippen molar-refractivity contribution >= 4 is 19.4 Å². The number of phenolic OH excluding ortho intramolecular Hbond substituents is 3. The average Bonchev–Trinajstić information content (AvgIpc) is 2.40. The Balaban J connectivity index is 2.42. The van der Waals surface area contributed by atoms with Gasteiger partial charge in [-0.25, -0.2) is 0 Å². The minimum absolute atomic E-state index is 0.00707. The van der Waals surface area contributed by atoms with Gasteiger partial charge in [-0.2, -0.15) is 0 Å². The second kappa shape index (κ2) is 6.45. The van der Waals surface area contributed by atoms with Crippen molar-refractivity contribution in [3.05, 3.63) is 46.5 Å². The van der Waals surface area contributed by atoms with Gasteiger partial charge in [0.05, 0.1) is 5.30 Å². The third kappa shape index (κ3) is 3.70. The summed E-state index contributed by atoms with van der Waals surface area (Å²) >= 11 is 0. The zero-order valence-corrected chi connectivity index (χ0v) is 15.6. The van der Waals surface area contributed by atoms with E-state index in [1.807, 2.05) is 26.0 Å². The van der Waals surface area contributed by atoms with Crippen LogP contribution in [0.25, 0.3) is 0 Å². The largest absolute Gasteiger partial charge is 0.508 e. The van der Waals surface area contributed by atoms with E-state index in [2.05, 4.69) is 20.8 Å². The normalized spacial score (nSPS) is 12.0. The van der Waals surface area contributed by atoms with Crippen LogP contribution >= 0.6 is 8.58 Å². The lowest BCUT2D eigenvalue weighted by Crippen LogP contribution is -2.14.